The highest BCUT2D eigenvalue weighted by Gasteiger charge is 2.24. The van der Waals surface area contributed by atoms with Gasteiger partial charge in [-0.05, 0) is 31.9 Å². The van der Waals surface area contributed by atoms with Crippen LogP contribution in [0.15, 0.2) is 12.1 Å². The predicted octanol–water partition coefficient (Wildman–Crippen LogP) is -0.316. The third kappa shape index (κ3) is 3.19. The lowest BCUT2D eigenvalue weighted by atomic mass is 10.1. The van der Waals surface area contributed by atoms with Gasteiger partial charge in [-0.15, -0.1) is 0 Å². The average molecular weight is 263 g/mol. The molecule has 0 spiro atoms. The van der Waals surface area contributed by atoms with E-state index in [2.05, 4.69) is 21.0 Å². The topological polar surface area (TPSA) is 109 Å². The van der Waals surface area contributed by atoms with Gasteiger partial charge in [0.1, 0.15) is 11.9 Å². The molecule has 2 rings (SSSR count). The van der Waals surface area contributed by atoms with E-state index in [0.29, 0.717) is 30.0 Å². The Bertz CT molecular complexity index is 503. The minimum Gasteiger partial charge on any atom is -0.354 e. The fraction of sp³-hybridized carbons (Fsp3) is 0.417. The van der Waals surface area contributed by atoms with Crippen molar-refractivity contribution >= 4 is 17.6 Å². The fourth-order valence-corrected chi connectivity index (χ4v) is 2.02. The van der Waals surface area contributed by atoms with Gasteiger partial charge in [-0.2, -0.15) is 0 Å². The molecule has 5 N–H and O–H groups in total. The number of piperidine rings is 1. The molecule has 1 aromatic rings. The van der Waals surface area contributed by atoms with E-state index in [1.165, 1.54) is 0 Å². The number of hydrazine groups is 1. The number of nitrogen functional groups attached to an aromatic ring is 1. The van der Waals surface area contributed by atoms with Crippen molar-refractivity contribution in [1.29, 1.82) is 0 Å². The summed E-state index contributed by atoms with van der Waals surface area (Å²) in [5.41, 5.74) is 3.51. The molecule has 1 aliphatic rings. The summed E-state index contributed by atoms with van der Waals surface area (Å²) in [6.07, 6.45) is 1.52. The summed E-state index contributed by atoms with van der Waals surface area (Å²) in [5, 5.41) is 5.44. The molecule has 0 aromatic carbocycles. The summed E-state index contributed by atoms with van der Waals surface area (Å²) in [5.74, 6) is 5.26. The summed E-state index contributed by atoms with van der Waals surface area (Å²) in [4.78, 5) is 27.8. The first-order chi connectivity index (χ1) is 9.10. The van der Waals surface area contributed by atoms with Crippen LogP contribution in [0.1, 0.15) is 28.9 Å². The molecule has 2 amide bonds. The molecule has 1 fully saturated rings. The number of pyridine rings is 1. The highest BCUT2D eigenvalue weighted by molar-refractivity contribution is 5.98. The van der Waals surface area contributed by atoms with E-state index >= 15 is 0 Å². The van der Waals surface area contributed by atoms with E-state index in [0.717, 1.165) is 6.42 Å². The van der Waals surface area contributed by atoms with Crippen molar-refractivity contribution in [2.75, 3.05) is 12.0 Å². The minimum absolute atomic E-state index is 0.137. The van der Waals surface area contributed by atoms with Gasteiger partial charge in [-0.25, -0.2) is 10.8 Å². The van der Waals surface area contributed by atoms with Crippen molar-refractivity contribution in [3.05, 3.63) is 23.4 Å². The van der Waals surface area contributed by atoms with E-state index in [4.69, 9.17) is 5.84 Å². The molecule has 0 saturated carbocycles. The molecule has 1 unspecified atom stereocenters. The lowest BCUT2D eigenvalue weighted by Gasteiger charge is -2.22. The summed E-state index contributed by atoms with van der Waals surface area (Å²) in [6.45, 7) is 2.44. The van der Waals surface area contributed by atoms with E-state index in [1.807, 2.05) is 0 Å². The molecular weight excluding hydrogens is 246 g/mol. The van der Waals surface area contributed by atoms with Gasteiger partial charge in [0.25, 0.3) is 5.91 Å². The smallest absolute Gasteiger partial charge is 0.252 e. The standard InChI is InChI=1S/C12H17N5O2/c1-7-5-8(6-10(15-7)17-13)11(18)16-9-3-2-4-14-12(9)19/h5-6,9H,2-4,13H2,1H3,(H,14,19)(H,15,17)(H,16,18). The van der Waals surface area contributed by atoms with E-state index < -0.39 is 6.04 Å². The minimum atomic E-state index is -0.469. The van der Waals surface area contributed by atoms with Crippen LogP contribution in [0.4, 0.5) is 5.82 Å². The number of nitrogens with two attached hydrogens (primary N) is 1. The Morgan fingerprint density at radius 3 is 3.00 bits per heavy atom. The Hall–Kier alpha value is -2.15. The second-order valence-electron chi connectivity index (χ2n) is 4.49. The number of aromatic nitrogens is 1. The Morgan fingerprint density at radius 2 is 2.32 bits per heavy atom. The summed E-state index contributed by atoms with van der Waals surface area (Å²) in [7, 11) is 0. The first-order valence-corrected chi connectivity index (χ1v) is 6.14. The SMILES string of the molecule is Cc1cc(C(=O)NC2CCCNC2=O)cc(NN)n1. The van der Waals surface area contributed by atoms with Gasteiger partial charge in [-0.1, -0.05) is 0 Å². The molecule has 0 bridgehead atoms. The highest BCUT2D eigenvalue weighted by Crippen LogP contribution is 2.10. The molecule has 7 nitrogen and oxygen atoms in total. The predicted molar refractivity (Wildman–Crippen MR) is 70.3 cm³/mol. The molecule has 2 heterocycles. The van der Waals surface area contributed by atoms with E-state index in [9.17, 15) is 9.59 Å². The number of amides is 2. The molecule has 0 radical (unpaired) electrons. The first-order valence-electron chi connectivity index (χ1n) is 6.14. The fourth-order valence-electron chi connectivity index (χ4n) is 2.02. The lowest BCUT2D eigenvalue weighted by molar-refractivity contribution is -0.124. The van der Waals surface area contributed by atoms with Crippen LogP contribution in [0.2, 0.25) is 0 Å². The Labute approximate surface area is 110 Å². The molecule has 0 aliphatic carbocycles. The summed E-state index contributed by atoms with van der Waals surface area (Å²) < 4.78 is 0. The van der Waals surface area contributed by atoms with E-state index in [-0.39, 0.29) is 11.8 Å². The molecule has 102 valence electrons. The van der Waals surface area contributed by atoms with Crippen molar-refractivity contribution in [3.63, 3.8) is 0 Å². The maximum absolute atomic E-state index is 12.1. The number of hydrogen-bond acceptors (Lipinski definition) is 5. The van der Waals surface area contributed by atoms with Gasteiger partial charge >= 0.3 is 0 Å². The molecule has 1 atom stereocenters. The number of anilines is 1. The van der Waals surface area contributed by atoms with Gasteiger partial charge in [0.05, 0.1) is 0 Å². The zero-order valence-corrected chi connectivity index (χ0v) is 10.7. The van der Waals surface area contributed by atoms with Crippen LogP contribution in [0.3, 0.4) is 0 Å². The van der Waals surface area contributed by atoms with Crippen LogP contribution < -0.4 is 21.9 Å². The normalized spacial score (nSPS) is 18.6. The molecule has 1 saturated heterocycles. The Morgan fingerprint density at radius 1 is 1.53 bits per heavy atom. The second-order valence-corrected chi connectivity index (χ2v) is 4.49. The number of carbonyl (C=O) groups excluding carboxylic acids is 2. The Kier molecular flexibility index (Phi) is 3.96. The van der Waals surface area contributed by atoms with Crippen LogP contribution in [0, 0.1) is 6.92 Å². The maximum atomic E-state index is 12.1. The van der Waals surface area contributed by atoms with Crippen molar-refractivity contribution in [3.8, 4) is 0 Å². The van der Waals surface area contributed by atoms with Crippen molar-refractivity contribution in [1.82, 2.24) is 15.6 Å². The molecule has 1 aliphatic heterocycles. The number of rotatable bonds is 3. The van der Waals surface area contributed by atoms with Crippen molar-refractivity contribution in [2.24, 2.45) is 5.84 Å². The third-order valence-electron chi connectivity index (χ3n) is 2.95. The largest absolute Gasteiger partial charge is 0.354 e. The van der Waals surface area contributed by atoms with Crippen LogP contribution >= 0.6 is 0 Å². The number of nitrogens with zero attached hydrogens (tertiary/aromatic N) is 1. The summed E-state index contributed by atoms with van der Waals surface area (Å²) in [6, 6.07) is 2.73. The number of nitrogens with one attached hydrogen (secondary N) is 3. The van der Waals surface area contributed by atoms with Gasteiger partial charge in [-0.3, -0.25) is 9.59 Å². The van der Waals surface area contributed by atoms with Crippen LogP contribution in [-0.4, -0.2) is 29.4 Å². The number of aryl methyl sites for hydroxylation is 1. The second kappa shape index (κ2) is 5.66. The van der Waals surface area contributed by atoms with E-state index in [1.54, 1.807) is 19.1 Å². The van der Waals surface area contributed by atoms with Gasteiger partial charge in [0, 0.05) is 17.8 Å². The van der Waals surface area contributed by atoms with Crippen molar-refractivity contribution < 1.29 is 9.59 Å². The van der Waals surface area contributed by atoms with Crippen LogP contribution in [0.5, 0.6) is 0 Å². The van der Waals surface area contributed by atoms with Gasteiger partial charge in [0.2, 0.25) is 5.91 Å². The first kappa shape index (κ1) is 13.3. The highest BCUT2D eigenvalue weighted by atomic mass is 16.2. The van der Waals surface area contributed by atoms with Crippen LogP contribution in [-0.2, 0) is 4.79 Å². The third-order valence-corrected chi connectivity index (χ3v) is 2.95. The zero-order chi connectivity index (χ0) is 13.8. The van der Waals surface area contributed by atoms with Crippen molar-refractivity contribution in [2.45, 2.75) is 25.8 Å². The molecule has 1 aromatic heterocycles. The molecular formula is C12H17N5O2. The number of carbonyl (C=O) groups is 2. The zero-order valence-electron chi connectivity index (χ0n) is 10.7. The average Bonchev–Trinajstić information content (AvgIpc) is 2.40. The maximum Gasteiger partial charge on any atom is 0.252 e. The van der Waals surface area contributed by atoms with Gasteiger partial charge in [0.15, 0.2) is 0 Å². The van der Waals surface area contributed by atoms with Crippen LogP contribution in [0.25, 0.3) is 0 Å². The quantitative estimate of drug-likeness (QED) is 0.441. The lowest BCUT2D eigenvalue weighted by Crippen LogP contribution is -2.50. The number of hydrogen-bond donors (Lipinski definition) is 4. The molecule has 19 heavy (non-hydrogen) atoms. The molecule has 7 heteroatoms. The Balaban J connectivity index is 2.11. The van der Waals surface area contributed by atoms with Gasteiger partial charge < -0.3 is 16.1 Å². The summed E-state index contributed by atoms with van der Waals surface area (Å²) >= 11 is 0. The monoisotopic (exact) mass is 263 g/mol.